The summed E-state index contributed by atoms with van der Waals surface area (Å²) in [5.41, 5.74) is 0. The van der Waals surface area contributed by atoms with E-state index in [1.165, 1.54) is 116 Å². The van der Waals surface area contributed by atoms with Gasteiger partial charge < -0.3 is 4.79 Å². The van der Waals surface area contributed by atoms with Crippen LogP contribution < -0.4 is 42.5 Å². The molecule has 8 N–H and O–H groups in total. The first-order valence-corrected chi connectivity index (χ1v) is 20.8. The molecule has 9 fully saturated rings. The standard InChI is InChI=1S/C38H66N8O/c47-20-10-2-1-3-11-22-18-19-29-30(21-22)38-45-36-28-17-9-8-16-27(28)34(43-36)41-32-24-13-5-4-12-23(24)31(39-32)40-33-25-14-6-7-15-26(25)35(42-33)44-37(29)46-38/h20,22-46H,1-19,21H2. The third kappa shape index (κ3) is 6.30. The number of nitrogens with one attached hydrogen (secondary N) is 8. The number of carbonyl (C=O) groups excluding carboxylic acids is 1. The predicted molar refractivity (Wildman–Crippen MR) is 185 cm³/mol. The van der Waals surface area contributed by atoms with Gasteiger partial charge in [-0.05, 0) is 111 Å². The Balaban J connectivity index is 0.991. The van der Waals surface area contributed by atoms with Crippen molar-refractivity contribution < 1.29 is 4.79 Å². The van der Waals surface area contributed by atoms with Crippen LogP contribution in [0, 0.1) is 53.3 Å². The van der Waals surface area contributed by atoms with E-state index in [-0.39, 0.29) is 0 Å². The van der Waals surface area contributed by atoms with E-state index in [4.69, 9.17) is 0 Å². The van der Waals surface area contributed by atoms with E-state index in [1.54, 1.807) is 0 Å². The average molecular weight is 651 g/mol. The molecule has 9 aliphatic rings. The fourth-order valence-corrected chi connectivity index (χ4v) is 13.2. The number of hydrogen-bond donors (Lipinski definition) is 8. The average Bonchev–Trinajstić information content (AvgIpc) is 3.84. The molecule has 9 rings (SSSR count). The Morgan fingerprint density at radius 2 is 0.723 bits per heavy atom. The SMILES string of the molecule is O=CCCCCCC1CCC2C3NC4NC(NC5NC(NC6NC(NC(N3)C2C1)C1CCCCC61)C1CCCCC51)C1CCCCC41. The summed E-state index contributed by atoms with van der Waals surface area (Å²) in [7, 11) is 0. The number of carbonyl (C=O) groups is 1. The van der Waals surface area contributed by atoms with Crippen molar-refractivity contribution in [1.29, 1.82) is 0 Å². The van der Waals surface area contributed by atoms with Crippen LogP contribution in [0.1, 0.15) is 128 Å². The minimum Gasteiger partial charge on any atom is -0.303 e. The molecule has 0 aromatic carbocycles. The lowest BCUT2D eigenvalue weighted by Crippen LogP contribution is -2.61. The molecular weight excluding hydrogens is 584 g/mol. The maximum Gasteiger partial charge on any atom is 0.119 e. The maximum absolute atomic E-state index is 10.8. The molecule has 5 aliphatic heterocycles. The molecule has 0 radical (unpaired) electrons. The normalized spacial score (nSPS) is 52.3. The van der Waals surface area contributed by atoms with Crippen molar-refractivity contribution in [2.75, 3.05) is 0 Å². The van der Waals surface area contributed by atoms with Gasteiger partial charge in [0.05, 0.1) is 49.3 Å². The van der Waals surface area contributed by atoms with E-state index in [0.717, 1.165) is 42.8 Å². The molecule has 4 aliphatic carbocycles. The quantitative estimate of drug-likeness (QED) is 0.160. The van der Waals surface area contributed by atoms with Gasteiger partial charge in [-0.25, -0.2) is 0 Å². The van der Waals surface area contributed by atoms with Crippen LogP contribution in [-0.4, -0.2) is 55.6 Å². The van der Waals surface area contributed by atoms with E-state index >= 15 is 0 Å². The summed E-state index contributed by atoms with van der Waals surface area (Å²) in [5.74, 6) is 6.48. The van der Waals surface area contributed by atoms with Gasteiger partial charge in [-0.2, -0.15) is 0 Å². The molecule has 5 saturated heterocycles. The third-order valence-corrected chi connectivity index (χ3v) is 15.4. The largest absolute Gasteiger partial charge is 0.303 e. The number of hydrogen-bond acceptors (Lipinski definition) is 9. The van der Waals surface area contributed by atoms with Gasteiger partial charge in [-0.1, -0.05) is 64.2 Å². The number of fused-ring (bicyclic) bond motifs is 20. The highest BCUT2D eigenvalue weighted by atomic mass is 16.1. The Kier molecular flexibility index (Phi) is 9.73. The monoisotopic (exact) mass is 651 g/mol. The van der Waals surface area contributed by atoms with Crippen LogP contribution in [0.5, 0.6) is 0 Å². The van der Waals surface area contributed by atoms with Gasteiger partial charge in [0.15, 0.2) is 0 Å². The molecule has 8 bridgehead atoms. The van der Waals surface area contributed by atoms with Gasteiger partial charge in [0.1, 0.15) is 6.29 Å². The molecule has 4 saturated carbocycles. The molecule has 0 aromatic heterocycles. The van der Waals surface area contributed by atoms with Crippen LogP contribution >= 0.6 is 0 Å². The molecule has 0 amide bonds. The van der Waals surface area contributed by atoms with Crippen LogP contribution in [0.4, 0.5) is 0 Å². The smallest absolute Gasteiger partial charge is 0.119 e. The molecule has 0 aromatic rings. The molecule has 17 atom stereocenters. The Morgan fingerprint density at radius 3 is 1.09 bits per heavy atom. The van der Waals surface area contributed by atoms with Gasteiger partial charge in [0.2, 0.25) is 0 Å². The van der Waals surface area contributed by atoms with Gasteiger partial charge in [0, 0.05) is 6.42 Å². The third-order valence-electron chi connectivity index (χ3n) is 15.4. The van der Waals surface area contributed by atoms with Crippen LogP contribution in [-0.2, 0) is 4.79 Å². The molecule has 17 unspecified atom stereocenters. The minimum atomic E-state index is 0.358. The van der Waals surface area contributed by atoms with Gasteiger partial charge in [-0.15, -0.1) is 0 Å². The lowest BCUT2D eigenvalue weighted by Gasteiger charge is -2.38. The van der Waals surface area contributed by atoms with E-state index in [2.05, 4.69) is 42.5 Å². The van der Waals surface area contributed by atoms with Crippen molar-refractivity contribution in [3.8, 4) is 0 Å². The zero-order chi connectivity index (χ0) is 31.3. The van der Waals surface area contributed by atoms with E-state index < -0.39 is 0 Å². The zero-order valence-electron chi connectivity index (χ0n) is 28.9. The maximum atomic E-state index is 10.8. The highest BCUT2D eigenvalue weighted by Crippen LogP contribution is 2.47. The van der Waals surface area contributed by atoms with Crippen molar-refractivity contribution in [3.05, 3.63) is 0 Å². The number of aldehydes is 1. The van der Waals surface area contributed by atoms with Gasteiger partial charge in [-0.3, -0.25) is 42.5 Å². The summed E-state index contributed by atoms with van der Waals surface area (Å²) in [5, 5.41) is 34.1. The predicted octanol–water partition coefficient (Wildman–Crippen LogP) is 3.98. The second-order valence-corrected chi connectivity index (χ2v) is 17.8. The van der Waals surface area contributed by atoms with Crippen LogP contribution in [0.3, 0.4) is 0 Å². The highest BCUT2D eigenvalue weighted by molar-refractivity contribution is 5.48. The molecule has 9 nitrogen and oxygen atoms in total. The van der Waals surface area contributed by atoms with Crippen molar-refractivity contribution in [1.82, 2.24) is 42.5 Å². The van der Waals surface area contributed by atoms with Crippen LogP contribution in [0.15, 0.2) is 0 Å². The van der Waals surface area contributed by atoms with Crippen LogP contribution in [0.2, 0.25) is 0 Å². The summed E-state index contributed by atoms with van der Waals surface area (Å²) >= 11 is 0. The summed E-state index contributed by atoms with van der Waals surface area (Å²) in [6, 6.07) is 0. The first kappa shape index (κ1) is 32.3. The molecular formula is C38H66N8O. The van der Waals surface area contributed by atoms with E-state index in [1.807, 2.05) is 0 Å². The molecule has 264 valence electrons. The summed E-state index contributed by atoms with van der Waals surface area (Å²) in [6.07, 6.45) is 30.3. The molecule has 0 spiro atoms. The zero-order valence-corrected chi connectivity index (χ0v) is 28.9. The lowest BCUT2D eigenvalue weighted by atomic mass is 9.72. The number of unbranched alkanes of at least 4 members (excludes halogenated alkanes) is 3. The highest BCUT2D eigenvalue weighted by Gasteiger charge is 2.54. The van der Waals surface area contributed by atoms with E-state index in [0.29, 0.717) is 78.9 Å². The Bertz CT molecular complexity index is 1080. The fourth-order valence-electron chi connectivity index (χ4n) is 13.2. The second kappa shape index (κ2) is 14.2. The van der Waals surface area contributed by atoms with Gasteiger partial charge in [0.25, 0.3) is 0 Å². The topological polar surface area (TPSA) is 113 Å². The summed E-state index contributed by atoms with van der Waals surface area (Å²) < 4.78 is 0. The second-order valence-electron chi connectivity index (χ2n) is 17.8. The Morgan fingerprint density at radius 1 is 0.383 bits per heavy atom. The first-order chi connectivity index (χ1) is 23.2. The molecule has 9 heteroatoms. The first-order valence-electron chi connectivity index (χ1n) is 20.8. The lowest BCUT2D eigenvalue weighted by molar-refractivity contribution is -0.107. The van der Waals surface area contributed by atoms with Crippen molar-refractivity contribution in [3.63, 3.8) is 0 Å². The molecule has 47 heavy (non-hydrogen) atoms. The summed E-state index contributed by atoms with van der Waals surface area (Å²) in [6.45, 7) is 0. The minimum absolute atomic E-state index is 0.358. The van der Waals surface area contributed by atoms with Crippen molar-refractivity contribution in [2.24, 2.45) is 53.3 Å². The van der Waals surface area contributed by atoms with E-state index in [9.17, 15) is 4.79 Å². The van der Waals surface area contributed by atoms with Crippen LogP contribution in [0.25, 0.3) is 0 Å². The van der Waals surface area contributed by atoms with Crippen molar-refractivity contribution >= 4 is 6.29 Å². The Labute approximate surface area is 284 Å². The Hall–Kier alpha value is -0.650. The molecule has 5 heterocycles. The number of rotatable bonds is 6. The van der Waals surface area contributed by atoms with Gasteiger partial charge >= 0.3 is 0 Å². The summed E-state index contributed by atoms with van der Waals surface area (Å²) in [4.78, 5) is 10.8. The van der Waals surface area contributed by atoms with Crippen molar-refractivity contribution in [2.45, 2.75) is 178 Å². The fraction of sp³-hybridized carbons (Fsp3) is 0.974.